The molecule has 6 nitrogen and oxygen atoms in total. The molecule has 0 spiro atoms. The molecule has 4 rings (SSSR count). The van der Waals surface area contributed by atoms with Crippen molar-refractivity contribution in [2.24, 2.45) is 11.5 Å². The Morgan fingerprint density at radius 1 is 0.879 bits per heavy atom. The van der Waals surface area contributed by atoms with Crippen molar-refractivity contribution >= 4 is 24.3 Å². The highest BCUT2D eigenvalue weighted by molar-refractivity contribution is 5.91. The zero-order valence-corrected chi connectivity index (χ0v) is 19.1. The fourth-order valence-electron chi connectivity index (χ4n) is 4.04. The molecule has 0 heterocycles. The second kappa shape index (κ2) is 10.5. The molecule has 0 aliphatic heterocycles. The number of urea groups is 1. The predicted octanol–water partition coefficient (Wildman–Crippen LogP) is 3.35. The summed E-state index contributed by atoms with van der Waals surface area (Å²) in [4.78, 5) is 25.8. The fourth-order valence-corrected chi connectivity index (χ4v) is 4.04. The molecule has 0 bridgehead atoms. The van der Waals surface area contributed by atoms with Gasteiger partial charge in [0.25, 0.3) is 0 Å². The second-order valence-electron chi connectivity index (χ2n) is 8.35. The van der Waals surface area contributed by atoms with Crippen LogP contribution in [0.4, 0.5) is 4.79 Å². The monoisotopic (exact) mass is 464 g/mol. The van der Waals surface area contributed by atoms with Crippen molar-refractivity contribution in [2.75, 3.05) is 0 Å². The third kappa shape index (κ3) is 5.72. The molecule has 7 heteroatoms. The molecule has 33 heavy (non-hydrogen) atoms. The van der Waals surface area contributed by atoms with Crippen molar-refractivity contribution in [1.82, 2.24) is 10.6 Å². The average molecular weight is 465 g/mol. The lowest BCUT2D eigenvalue weighted by Crippen LogP contribution is -2.58. The summed E-state index contributed by atoms with van der Waals surface area (Å²) in [7, 11) is 0. The summed E-state index contributed by atoms with van der Waals surface area (Å²) >= 11 is 0. The highest BCUT2D eigenvalue weighted by atomic mass is 35.5. The molecule has 3 amide bonds. The molecule has 3 atom stereocenters. The van der Waals surface area contributed by atoms with E-state index in [1.54, 1.807) is 0 Å². The van der Waals surface area contributed by atoms with E-state index in [2.05, 4.69) is 10.6 Å². The van der Waals surface area contributed by atoms with Crippen LogP contribution >= 0.6 is 12.4 Å². The van der Waals surface area contributed by atoms with E-state index >= 15 is 0 Å². The third-order valence-corrected chi connectivity index (χ3v) is 6.03. The zero-order chi connectivity index (χ0) is 22.6. The first kappa shape index (κ1) is 24.3. The normalized spacial score (nSPS) is 18.3. The first-order valence-corrected chi connectivity index (χ1v) is 10.8. The van der Waals surface area contributed by atoms with E-state index in [9.17, 15) is 9.59 Å². The van der Waals surface area contributed by atoms with Crippen LogP contribution in [0.1, 0.15) is 34.6 Å². The van der Waals surface area contributed by atoms with Gasteiger partial charge in [-0.15, -0.1) is 12.4 Å². The molecule has 3 aromatic rings. The quantitative estimate of drug-likeness (QED) is 0.410. The summed E-state index contributed by atoms with van der Waals surface area (Å²) in [6.07, 6.45) is 1.20. The summed E-state index contributed by atoms with van der Waals surface area (Å²) in [5, 5.41) is 5.72. The maximum atomic E-state index is 12.9. The van der Waals surface area contributed by atoms with Crippen LogP contribution in [0.3, 0.4) is 0 Å². The first-order chi connectivity index (χ1) is 15.5. The molecular weight excluding hydrogens is 436 g/mol. The summed E-state index contributed by atoms with van der Waals surface area (Å²) in [6.45, 7) is 0.339. The van der Waals surface area contributed by atoms with Crippen molar-refractivity contribution in [3.8, 4) is 0 Å². The van der Waals surface area contributed by atoms with Crippen molar-refractivity contribution < 1.29 is 9.59 Å². The number of nitrogens with two attached hydrogens (primary N) is 2. The van der Waals surface area contributed by atoms with Crippen molar-refractivity contribution in [3.63, 3.8) is 0 Å². The van der Waals surface area contributed by atoms with Gasteiger partial charge in [0.05, 0.1) is 0 Å². The van der Waals surface area contributed by atoms with Gasteiger partial charge in [-0.1, -0.05) is 84.9 Å². The van der Waals surface area contributed by atoms with Gasteiger partial charge in [-0.2, -0.15) is 0 Å². The van der Waals surface area contributed by atoms with Gasteiger partial charge in [-0.3, -0.25) is 4.79 Å². The van der Waals surface area contributed by atoms with Crippen LogP contribution < -0.4 is 22.1 Å². The molecule has 1 saturated carbocycles. The van der Waals surface area contributed by atoms with Gasteiger partial charge in [-0.25, -0.2) is 4.79 Å². The predicted molar refractivity (Wildman–Crippen MR) is 132 cm³/mol. The number of nitrogens with one attached hydrogen (secondary N) is 2. The fraction of sp³-hybridized carbons (Fsp3) is 0.231. The van der Waals surface area contributed by atoms with Crippen molar-refractivity contribution in [2.45, 2.75) is 36.9 Å². The minimum Gasteiger partial charge on any atom is -0.367 e. The summed E-state index contributed by atoms with van der Waals surface area (Å²) < 4.78 is 0. The Bertz CT molecular complexity index is 1080. The molecule has 0 saturated heterocycles. The average Bonchev–Trinajstić information content (AvgIpc) is 3.55. The van der Waals surface area contributed by atoms with Crippen LogP contribution in [0.2, 0.25) is 0 Å². The second-order valence-corrected chi connectivity index (χ2v) is 8.35. The van der Waals surface area contributed by atoms with Gasteiger partial charge in [0.2, 0.25) is 5.91 Å². The Morgan fingerprint density at radius 2 is 1.42 bits per heavy atom. The minimum atomic E-state index is -1.40. The molecule has 6 N–H and O–H groups in total. The van der Waals surface area contributed by atoms with E-state index in [4.69, 9.17) is 11.5 Å². The SMILES string of the molecule is Cl.NC(=O)[C@](Cc1ccccc1)(NC(=O)NCc1ccccc1)c1ccc(C2CC2N)cc1. The zero-order valence-electron chi connectivity index (χ0n) is 18.2. The standard InChI is InChI=1S/C26H28N4O2.ClH/c27-23-15-22(23)20-11-13-21(14-12-20)26(24(28)31,16-18-7-3-1-4-8-18)30-25(32)29-17-19-9-5-2-6-10-19;/h1-14,22-23H,15-17,27H2,(H2,28,31)(H2,29,30,32);1H/t22?,23?,26-;/m1./s1. The van der Waals surface area contributed by atoms with Crippen LogP contribution in [0.5, 0.6) is 0 Å². The Morgan fingerprint density at radius 3 is 1.94 bits per heavy atom. The van der Waals surface area contributed by atoms with E-state index in [0.717, 1.165) is 23.1 Å². The smallest absolute Gasteiger partial charge is 0.316 e. The molecule has 0 radical (unpaired) electrons. The van der Waals surface area contributed by atoms with E-state index in [-0.39, 0.29) is 24.9 Å². The molecule has 2 unspecified atom stereocenters. The highest BCUT2D eigenvalue weighted by Crippen LogP contribution is 2.39. The molecule has 1 fully saturated rings. The third-order valence-electron chi connectivity index (χ3n) is 6.03. The van der Waals surface area contributed by atoms with Crippen LogP contribution in [-0.2, 0) is 23.3 Å². The Labute approximate surface area is 200 Å². The molecule has 172 valence electrons. The molecule has 1 aliphatic rings. The summed E-state index contributed by atoms with van der Waals surface area (Å²) in [5.41, 5.74) is 14.1. The number of carbonyl (C=O) groups is 2. The molecular formula is C26H29ClN4O2. The molecule has 1 aliphatic carbocycles. The van der Waals surface area contributed by atoms with Gasteiger partial charge < -0.3 is 22.1 Å². The maximum absolute atomic E-state index is 12.9. The number of benzene rings is 3. The van der Waals surface area contributed by atoms with E-state index in [1.807, 2.05) is 84.9 Å². The molecule has 3 aromatic carbocycles. The minimum absolute atomic E-state index is 0. The number of amides is 3. The van der Waals surface area contributed by atoms with E-state index in [0.29, 0.717) is 18.0 Å². The Hall–Kier alpha value is -3.35. The van der Waals surface area contributed by atoms with Crippen LogP contribution in [0.25, 0.3) is 0 Å². The largest absolute Gasteiger partial charge is 0.367 e. The Kier molecular flexibility index (Phi) is 7.74. The summed E-state index contributed by atoms with van der Waals surface area (Å²) in [5.74, 6) is -0.268. The van der Waals surface area contributed by atoms with Gasteiger partial charge >= 0.3 is 6.03 Å². The van der Waals surface area contributed by atoms with Gasteiger partial charge in [0.15, 0.2) is 0 Å². The number of primary amides is 1. The lowest BCUT2D eigenvalue weighted by Gasteiger charge is -2.33. The number of halogens is 1. The number of hydrogen-bond donors (Lipinski definition) is 4. The van der Waals surface area contributed by atoms with Crippen LogP contribution in [0.15, 0.2) is 84.9 Å². The topological polar surface area (TPSA) is 110 Å². The lowest BCUT2D eigenvalue weighted by atomic mass is 9.82. The maximum Gasteiger partial charge on any atom is 0.316 e. The molecule has 0 aromatic heterocycles. The number of hydrogen-bond acceptors (Lipinski definition) is 3. The highest BCUT2D eigenvalue weighted by Gasteiger charge is 2.41. The van der Waals surface area contributed by atoms with Crippen LogP contribution in [-0.4, -0.2) is 18.0 Å². The number of carbonyl (C=O) groups excluding carboxylic acids is 2. The van der Waals surface area contributed by atoms with Crippen LogP contribution in [0, 0.1) is 0 Å². The lowest BCUT2D eigenvalue weighted by molar-refractivity contribution is -0.124. The van der Waals surface area contributed by atoms with E-state index in [1.165, 1.54) is 0 Å². The van der Waals surface area contributed by atoms with Crippen molar-refractivity contribution in [1.29, 1.82) is 0 Å². The van der Waals surface area contributed by atoms with E-state index < -0.39 is 17.5 Å². The van der Waals surface area contributed by atoms with Gasteiger partial charge in [0.1, 0.15) is 5.54 Å². The first-order valence-electron chi connectivity index (χ1n) is 10.8. The Balaban J connectivity index is 0.00000306. The van der Waals surface area contributed by atoms with Gasteiger partial charge in [0, 0.05) is 24.9 Å². The van der Waals surface area contributed by atoms with Gasteiger partial charge in [-0.05, 0) is 28.7 Å². The summed E-state index contributed by atoms with van der Waals surface area (Å²) in [6, 6.07) is 26.5. The number of rotatable bonds is 8. The van der Waals surface area contributed by atoms with Crippen molar-refractivity contribution in [3.05, 3.63) is 107 Å².